The van der Waals surface area contributed by atoms with Crippen LogP contribution in [0.4, 0.5) is 5.00 Å². The van der Waals surface area contributed by atoms with E-state index in [4.69, 9.17) is 15.2 Å². The van der Waals surface area contributed by atoms with Crippen LogP contribution in [0.3, 0.4) is 0 Å². The quantitative estimate of drug-likeness (QED) is 0.910. The van der Waals surface area contributed by atoms with Gasteiger partial charge in [0.1, 0.15) is 22.2 Å². The molecule has 2 aromatic rings. The second-order valence-electron chi connectivity index (χ2n) is 3.51. The fourth-order valence-electron chi connectivity index (χ4n) is 1.63. The van der Waals surface area contributed by atoms with Crippen molar-refractivity contribution in [3.05, 3.63) is 23.2 Å². The minimum atomic E-state index is 0.689. The van der Waals surface area contributed by atoms with Crippen LogP contribution in [0.25, 0.3) is 11.3 Å². The summed E-state index contributed by atoms with van der Waals surface area (Å²) in [5.41, 5.74) is 7.56. The molecule has 5 heteroatoms. The van der Waals surface area contributed by atoms with E-state index in [1.54, 1.807) is 14.2 Å². The predicted octanol–water partition coefficient (Wildman–Crippen LogP) is 2.72. The highest BCUT2D eigenvalue weighted by molar-refractivity contribution is 7.16. The van der Waals surface area contributed by atoms with Gasteiger partial charge in [-0.1, -0.05) is 0 Å². The molecule has 0 saturated carbocycles. The lowest BCUT2D eigenvalue weighted by molar-refractivity contribution is 0.404. The van der Waals surface area contributed by atoms with Gasteiger partial charge in [0.05, 0.1) is 19.2 Å². The minimum absolute atomic E-state index is 0.689. The molecule has 1 aromatic heterocycles. The molecule has 1 aromatic carbocycles. The molecule has 1 heterocycles. The summed E-state index contributed by atoms with van der Waals surface area (Å²) in [5.74, 6) is 1.49. The first-order valence-corrected chi connectivity index (χ1v) is 5.92. The van der Waals surface area contributed by atoms with Crippen LogP contribution in [0, 0.1) is 6.92 Å². The molecule has 0 spiro atoms. The van der Waals surface area contributed by atoms with E-state index in [1.165, 1.54) is 11.3 Å². The zero-order valence-electron chi connectivity index (χ0n) is 9.98. The van der Waals surface area contributed by atoms with Crippen LogP contribution in [0.15, 0.2) is 18.2 Å². The SMILES string of the molecule is COc1ccc(OC)c(-c2nc(C)sc2N)c1. The molecular formula is C12H14N2O2S. The first kappa shape index (κ1) is 11.7. The van der Waals surface area contributed by atoms with Crippen LogP contribution in [0.1, 0.15) is 5.01 Å². The third kappa shape index (κ3) is 2.19. The average molecular weight is 250 g/mol. The van der Waals surface area contributed by atoms with E-state index in [9.17, 15) is 0 Å². The Morgan fingerprint density at radius 3 is 2.53 bits per heavy atom. The van der Waals surface area contributed by atoms with E-state index in [0.29, 0.717) is 5.00 Å². The van der Waals surface area contributed by atoms with Crippen LogP contribution >= 0.6 is 11.3 Å². The number of aryl methyl sites for hydroxylation is 1. The lowest BCUT2D eigenvalue weighted by atomic mass is 10.1. The molecule has 0 saturated heterocycles. The van der Waals surface area contributed by atoms with Crippen LogP contribution < -0.4 is 15.2 Å². The summed E-state index contributed by atoms with van der Waals surface area (Å²) >= 11 is 1.47. The Labute approximate surface area is 104 Å². The van der Waals surface area contributed by atoms with Crippen molar-refractivity contribution < 1.29 is 9.47 Å². The van der Waals surface area contributed by atoms with Gasteiger partial charge in [0.2, 0.25) is 0 Å². The standard InChI is InChI=1S/C12H14N2O2S/c1-7-14-11(12(13)17-7)9-6-8(15-2)4-5-10(9)16-3/h4-6H,13H2,1-3H3. The summed E-state index contributed by atoms with van der Waals surface area (Å²) in [5, 5.41) is 1.62. The first-order chi connectivity index (χ1) is 8.15. The molecule has 0 aliphatic carbocycles. The van der Waals surface area contributed by atoms with Gasteiger partial charge in [-0.2, -0.15) is 0 Å². The van der Waals surface area contributed by atoms with E-state index in [2.05, 4.69) is 4.98 Å². The molecule has 2 rings (SSSR count). The summed E-state index contributed by atoms with van der Waals surface area (Å²) < 4.78 is 10.5. The number of hydrogen-bond acceptors (Lipinski definition) is 5. The van der Waals surface area contributed by atoms with Crippen molar-refractivity contribution in [3.8, 4) is 22.8 Å². The number of hydrogen-bond donors (Lipinski definition) is 1. The number of thiazole rings is 1. The highest BCUT2D eigenvalue weighted by atomic mass is 32.1. The van der Waals surface area contributed by atoms with Gasteiger partial charge in [-0.05, 0) is 25.1 Å². The predicted molar refractivity (Wildman–Crippen MR) is 69.8 cm³/mol. The average Bonchev–Trinajstić information content (AvgIpc) is 2.67. The van der Waals surface area contributed by atoms with Gasteiger partial charge in [-0.3, -0.25) is 0 Å². The Balaban J connectivity index is 2.59. The number of methoxy groups -OCH3 is 2. The van der Waals surface area contributed by atoms with E-state index in [0.717, 1.165) is 27.8 Å². The Kier molecular flexibility index (Phi) is 3.19. The number of nitrogens with zero attached hydrogens (tertiary/aromatic N) is 1. The van der Waals surface area contributed by atoms with E-state index in [1.807, 2.05) is 25.1 Å². The minimum Gasteiger partial charge on any atom is -0.497 e. The maximum Gasteiger partial charge on any atom is 0.128 e. The van der Waals surface area contributed by atoms with Crippen molar-refractivity contribution in [2.75, 3.05) is 20.0 Å². The van der Waals surface area contributed by atoms with Gasteiger partial charge in [-0.15, -0.1) is 11.3 Å². The molecule has 90 valence electrons. The zero-order valence-corrected chi connectivity index (χ0v) is 10.8. The molecule has 0 bridgehead atoms. The van der Waals surface area contributed by atoms with Crippen molar-refractivity contribution in [2.24, 2.45) is 0 Å². The highest BCUT2D eigenvalue weighted by Crippen LogP contribution is 2.38. The van der Waals surface area contributed by atoms with Crippen LogP contribution in [0.2, 0.25) is 0 Å². The number of anilines is 1. The zero-order chi connectivity index (χ0) is 12.4. The van der Waals surface area contributed by atoms with Crippen molar-refractivity contribution in [1.82, 2.24) is 4.98 Å². The molecule has 0 unspecified atom stereocenters. The van der Waals surface area contributed by atoms with Crippen molar-refractivity contribution in [2.45, 2.75) is 6.92 Å². The van der Waals surface area contributed by atoms with Gasteiger partial charge < -0.3 is 15.2 Å². The third-order valence-electron chi connectivity index (χ3n) is 2.42. The second-order valence-corrected chi connectivity index (χ2v) is 4.75. The lowest BCUT2D eigenvalue weighted by Crippen LogP contribution is -1.93. The summed E-state index contributed by atoms with van der Waals surface area (Å²) in [6.07, 6.45) is 0. The van der Waals surface area contributed by atoms with Gasteiger partial charge in [0.25, 0.3) is 0 Å². The van der Waals surface area contributed by atoms with Crippen molar-refractivity contribution >= 4 is 16.3 Å². The monoisotopic (exact) mass is 250 g/mol. The summed E-state index contributed by atoms with van der Waals surface area (Å²) in [6.45, 7) is 1.93. The first-order valence-electron chi connectivity index (χ1n) is 5.11. The number of nitrogen functional groups attached to an aromatic ring is 1. The van der Waals surface area contributed by atoms with Crippen molar-refractivity contribution in [1.29, 1.82) is 0 Å². The smallest absolute Gasteiger partial charge is 0.128 e. The highest BCUT2D eigenvalue weighted by Gasteiger charge is 2.14. The largest absolute Gasteiger partial charge is 0.497 e. The van der Waals surface area contributed by atoms with E-state index >= 15 is 0 Å². The normalized spacial score (nSPS) is 10.3. The van der Waals surface area contributed by atoms with Crippen molar-refractivity contribution in [3.63, 3.8) is 0 Å². The molecule has 0 amide bonds. The molecule has 4 nitrogen and oxygen atoms in total. The number of benzene rings is 1. The van der Waals surface area contributed by atoms with Gasteiger partial charge in [-0.25, -0.2) is 4.98 Å². The second kappa shape index (κ2) is 4.63. The molecular weight excluding hydrogens is 236 g/mol. The van der Waals surface area contributed by atoms with Gasteiger partial charge in [0, 0.05) is 5.56 Å². The molecule has 17 heavy (non-hydrogen) atoms. The fourth-order valence-corrected chi connectivity index (χ4v) is 2.34. The molecule has 2 N–H and O–H groups in total. The van der Waals surface area contributed by atoms with Gasteiger partial charge >= 0.3 is 0 Å². The Morgan fingerprint density at radius 2 is 2.00 bits per heavy atom. The molecule has 0 aliphatic heterocycles. The molecule has 0 atom stereocenters. The fraction of sp³-hybridized carbons (Fsp3) is 0.250. The lowest BCUT2D eigenvalue weighted by Gasteiger charge is -2.09. The number of nitrogens with two attached hydrogens (primary N) is 1. The van der Waals surface area contributed by atoms with E-state index < -0.39 is 0 Å². The molecule has 0 fully saturated rings. The van der Waals surface area contributed by atoms with Gasteiger partial charge in [0.15, 0.2) is 0 Å². The Morgan fingerprint density at radius 1 is 1.24 bits per heavy atom. The number of ether oxygens (including phenoxy) is 2. The summed E-state index contributed by atoms with van der Waals surface area (Å²) in [7, 11) is 3.25. The van der Waals surface area contributed by atoms with Crippen LogP contribution in [-0.2, 0) is 0 Å². The third-order valence-corrected chi connectivity index (χ3v) is 3.22. The maximum absolute atomic E-state index is 5.95. The summed E-state index contributed by atoms with van der Waals surface area (Å²) in [4.78, 5) is 4.42. The molecule has 0 aliphatic rings. The van der Waals surface area contributed by atoms with Crippen LogP contribution in [-0.4, -0.2) is 19.2 Å². The van der Waals surface area contributed by atoms with E-state index in [-0.39, 0.29) is 0 Å². The Hall–Kier alpha value is -1.75. The Bertz CT molecular complexity index is 537. The molecule has 0 radical (unpaired) electrons. The van der Waals surface area contributed by atoms with Crippen LogP contribution in [0.5, 0.6) is 11.5 Å². The maximum atomic E-state index is 5.95. The number of rotatable bonds is 3. The topological polar surface area (TPSA) is 57.4 Å². The summed E-state index contributed by atoms with van der Waals surface area (Å²) in [6, 6.07) is 5.57. The number of aromatic nitrogens is 1.